The Morgan fingerprint density at radius 3 is 2.82 bits per heavy atom. The predicted octanol–water partition coefficient (Wildman–Crippen LogP) is 0.708. The normalized spacial score (nSPS) is 16.0. The number of carbonyl (C=O) groups excluding carboxylic acids is 2. The van der Waals surface area contributed by atoms with Gasteiger partial charge in [-0.1, -0.05) is 0 Å². The van der Waals surface area contributed by atoms with Crippen LogP contribution in [-0.2, 0) is 9.59 Å². The third kappa shape index (κ3) is 2.49. The number of nitrogens with zero attached hydrogens (tertiary/aromatic N) is 4. The second-order valence-corrected chi connectivity index (χ2v) is 4.59. The van der Waals surface area contributed by atoms with E-state index in [2.05, 4.69) is 20.7 Å². The van der Waals surface area contributed by atoms with Crippen molar-refractivity contribution in [1.82, 2.24) is 14.8 Å². The van der Waals surface area contributed by atoms with Crippen molar-refractivity contribution in [1.29, 1.82) is 0 Å². The van der Waals surface area contributed by atoms with Gasteiger partial charge in [-0.25, -0.2) is 4.68 Å². The minimum absolute atomic E-state index is 0.0690. The van der Waals surface area contributed by atoms with Gasteiger partial charge in [0, 0.05) is 17.8 Å². The summed E-state index contributed by atoms with van der Waals surface area (Å²) in [5.41, 5.74) is 0.341. The minimum atomic E-state index is -0.754. The van der Waals surface area contributed by atoms with E-state index in [4.69, 9.17) is 0 Å². The number of fused-ring (bicyclic) bond motifs is 1. The molecular formula is C12H10N6O4. The SMILES string of the molecule is O=C(CC1C(=O)Nc2ncnn21)Nc1ccc([N+](=O)[O-])cc1. The Morgan fingerprint density at radius 1 is 1.41 bits per heavy atom. The van der Waals surface area contributed by atoms with Crippen LogP contribution < -0.4 is 10.6 Å². The Bertz CT molecular complexity index is 753. The van der Waals surface area contributed by atoms with Gasteiger partial charge < -0.3 is 5.32 Å². The summed E-state index contributed by atoms with van der Waals surface area (Å²) in [5.74, 6) is -0.454. The van der Waals surface area contributed by atoms with Gasteiger partial charge in [0.15, 0.2) is 0 Å². The minimum Gasteiger partial charge on any atom is -0.326 e. The number of carbonyl (C=O) groups is 2. The number of nitro benzene ring substituents is 1. The molecule has 0 bridgehead atoms. The zero-order valence-electron chi connectivity index (χ0n) is 11.1. The molecule has 2 N–H and O–H groups in total. The van der Waals surface area contributed by atoms with Crippen molar-refractivity contribution >= 4 is 29.1 Å². The molecule has 1 aliphatic heterocycles. The molecule has 1 aromatic heterocycles. The number of hydrogen-bond donors (Lipinski definition) is 2. The molecule has 2 aromatic rings. The lowest BCUT2D eigenvalue weighted by atomic mass is 10.2. The van der Waals surface area contributed by atoms with Crippen LogP contribution in [0.25, 0.3) is 0 Å². The van der Waals surface area contributed by atoms with Crippen LogP contribution >= 0.6 is 0 Å². The maximum absolute atomic E-state index is 12.0. The molecule has 0 saturated heterocycles. The number of benzene rings is 1. The molecule has 22 heavy (non-hydrogen) atoms. The zero-order valence-corrected chi connectivity index (χ0v) is 11.1. The number of anilines is 2. The quantitative estimate of drug-likeness (QED) is 0.631. The highest BCUT2D eigenvalue weighted by Crippen LogP contribution is 2.24. The molecule has 112 valence electrons. The average molecular weight is 302 g/mol. The van der Waals surface area contributed by atoms with Crippen LogP contribution in [0.3, 0.4) is 0 Å². The van der Waals surface area contributed by atoms with E-state index in [-0.39, 0.29) is 18.0 Å². The summed E-state index contributed by atoms with van der Waals surface area (Å²) in [7, 11) is 0. The highest BCUT2D eigenvalue weighted by atomic mass is 16.6. The number of nitrogens with one attached hydrogen (secondary N) is 2. The lowest BCUT2D eigenvalue weighted by Crippen LogP contribution is -2.23. The maximum atomic E-state index is 12.0. The van der Waals surface area contributed by atoms with Crippen LogP contribution in [0.5, 0.6) is 0 Å². The Kier molecular flexibility index (Phi) is 3.26. The molecular weight excluding hydrogens is 292 g/mol. The second-order valence-electron chi connectivity index (χ2n) is 4.59. The molecule has 0 saturated carbocycles. The summed E-state index contributed by atoms with van der Waals surface area (Å²) in [5, 5.41) is 19.5. The van der Waals surface area contributed by atoms with Crippen molar-refractivity contribution in [2.45, 2.75) is 12.5 Å². The highest BCUT2D eigenvalue weighted by Gasteiger charge is 2.33. The third-order valence-corrected chi connectivity index (χ3v) is 3.15. The smallest absolute Gasteiger partial charge is 0.269 e. The van der Waals surface area contributed by atoms with Crippen LogP contribution in [0.2, 0.25) is 0 Å². The van der Waals surface area contributed by atoms with Crippen LogP contribution in [-0.4, -0.2) is 31.5 Å². The number of hydrogen-bond acceptors (Lipinski definition) is 6. The standard InChI is InChI=1S/C12H10N6O4/c19-10(15-7-1-3-8(4-2-7)18(21)22)5-9-11(20)16-12-13-6-14-17(9)12/h1-4,6,9H,5H2,(H,15,19)(H,13,14,16,20). The highest BCUT2D eigenvalue weighted by molar-refractivity contribution is 6.00. The molecule has 0 spiro atoms. The van der Waals surface area contributed by atoms with Gasteiger partial charge in [-0.15, -0.1) is 0 Å². The monoisotopic (exact) mass is 302 g/mol. The Labute approximate surface area is 123 Å². The van der Waals surface area contributed by atoms with Crippen molar-refractivity contribution in [2.24, 2.45) is 0 Å². The number of non-ortho nitro benzene ring substituents is 1. The molecule has 1 atom stereocenters. The fraction of sp³-hybridized carbons (Fsp3) is 0.167. The molecule has 0 fully saturated rings. The Hall–Kier alpha value is -3.30. The van der Waals surface area contributed by atoms with Crippen molar-refractivity contribution in [3.05, 3.63) is 40.7 Å². The van der Waals surface area contributed by atoms with Crippen LogP contribution in [0.1, 0.15) is 12.5 Å². The second kappa shape index (κ2) is 5.24. The topological polar surface area (TPSA) is 132 Å². The summed E-state index contributed by atoms with van der Waals surface area (Å²) < 4.78 is 1.34. The molecule has 10 nitrogen and oxygen atoms in total. The molecule has 0 radical (unpaired) electrons. The van der Waals surface area contributed by atoms with E-state index < -0.39 is 16.9 Å². The van der Waals surface area contributed by atoms with Gasteiger partial charge in [0.1, 0.15) is 12.4 Å². The van der Waals surface area contributed by atoms with Gasteiger partial charge >= 0.3 is 0 Å². The molecule has 10 heteroatoms. The fourth-order valence-corrected chi connectivity index (χ4v) is 2.11. The van der Waals surface area contributed by atoms with Gasteiger partial charge in [0.25, 0.3) is 11.6 Å². The number of amides is 2. The van der Waals surface area contributed by atoms with E-state index in [1.807, 2.05) is 0 Å². The van der Waals surface area contributed by atoms with Gasteiger partial charge in [-0.2, -0.15) is 10.1 Å². The van der Waals surface area contributed by atoms with E-state index >= 15 is 0 Å². The van der Waals surface area contributed by atoms with Gasteiger partial charge in [-0.3, -0.25) is 25.0 Å². The summed E-state index contributed by atoms with van der Waals surface area (Å²) >= 11 is 0. The largest absolute Gasteiger partial charge is 0.326 e. The lowest BCUT2D eigenvalue weighted by Gasteiger charge is -2.09. The molecule has 1 unspecified atom stereocenters. The lowest BCUT2D eigenvalue weighted by molar-refractivity contribution is -0.384. The van der Waals surface area contributed by atoms with E-state index in [1.165, 1.54) is 35.3 Å². The first-order valence-corrected chi connectivity index (χ1v) is 6.29. The van der Waals surface area contributed by atoms with Crippen LogP contribution in [0.4, 0.5) is 17.3 Å². The fourth-order valence-electron chi connectivity index (χ4n) is 2.11. The van der Waals surface area contributed by atoms with Crippen molar-refractivity contribution < 1.29 is 14.5 Å². The Balaban J connectivity index is 1.66. The first-order chi connectivity index (χ1) is 10.5. The average Bonchev–Trinajstić information content (AvgIpc) is 3.03. The first-order valence-electron chi connectivity index (χ1n) is 6.29. The maximum Gasteiger partial charge on any atom is 0.269 e. The number of nitro groups is 1. The van der Waals surface area contributed by atoms with Gasteiger partial charge in [0.05, 0.1) is 11.3 Å². The van der Waals surface area contributed by atoms with E-state index in [0.29, 0.717) is 11.6 Å². The zero-order chi connectivity index (χ0) is 15.7. The Morgan fingerprint density at radius 2 is 2.14 bits per heavy atom. The summed E-state index contributed by atoms with van der Waals surface area (Å²) in [6.07, 6.45) is 1.18. The van der Waals surface area contributed by atoms with Gasteiger partial charge in [0.2, 0.25) is 11.9 Å². The number of aromatic nitrogens is 3. The van der Waals surface area contributed by atoms with Crippen LogP contribution in [0.15, 0.2) is 30.6 Å². The van der Waals surface area contributed by atoms with Crippen molar-refractivity contribution in [3.63, 3.8) is 0 Å². The summed E-state index contributed by atoms with van der Waals surface area (Å²) in [6, 6.07) is 4.66. The van der Waals surface area contributed by atoms with E-state index in [1.54, 1.807) is 0 Å². The molecule has 1 aromatic carbocycles. The predicted molar refractivity (Wildman–Crippen MR) is 74.0 cm³/mol. The third-order valence-electron chi connectivity index (χ3n) is 3.15. The summed E-state index contributed by atoms with van der Waals surface area (Å²) in [6.45, 7) is 0. The molecule has 2 amide bonds. The molecule has 3 rings (SSSR count). The molecule has 1 aliphatic rings. The molecule has 0 aliphatic carbocycles. The van der Waals surface area contributed by atoms with E-state index in [0.717, 1.165) is 0 Å². The summed E-state index contributed by atoms with van der Waals surface area (Å²) in [4.78, 5) is 37.6. The number of rotatable bonds is 4. The van der Waals surface area contributed by atoms with Crippen LogP contribution in [0, 0.1) is 10.1 Å². The van der Waals surface area contributed by atoms with E-state index in [9.17, 15) is 19.7 Å². The molecule has 2 heterocycles. The first kappa shape index (κ1) is 13.7. The van der Waals surface area contributed by atoms with Gasteiger partial charge in [-0.05, 0) is 12.1 Å². The van der Waals surface area contributed by atoms with Crippen molar-refractivity contribution in [3.8, 4) is 0 Å². The van der Waals surface area contributed by atoms with Crippen molar-refractivity contribution in [2.75, 3.05) is 10.6 Å².